The number of piperidine rings is 1. The van der Waals surface area contributed by atoms with Gasteiger partial charge in [0.1, 0.15) is 0 Å². The summed E-state index contributed by atoms with van der Waals surface area (Å²) in [5, 5.41) is 3.46. The first-order chi connectivity index (χ1) is 10.6. The Morgan fingerprint density at radius 3 is 2.68 bits per heavy atom. The topological polar surface area (TPSA) is 41.0 Å². The molecule has 1 aliphatic heterocycles. The summed E-state index contributed by atoms with van der Waals surface area (Å²) in [6.07, 6.45) is 4.02. The van der Waals surface area contributed by atoms with Crippen molar-refractivity contribution in [2.45, 2.75) is 32.7 Å². The highest BCUT2D eigenvalue weighted by atomic mass is 79.9. The third-order valence-electron chi connectivity index (χ3n) is 4.11. The highest BCUT2D eigenvalue weighted by Gasteiger charge is 2.20. The number of aromatic nitrogens is 2. The first-order valence-electron chi connectivity index (χ1n) is 7.69. The maximum absolute atomic E-state index is 4.47. The molecule has 1 aliphatic rings. The van der Waals surface area contributed by atoms with Gasteiger partial charge in [-0.1, -0.05) is 12.1 Å². The second kappa shape index (κ2) is 6.65. The van der Waals surface area contributed by atoms with E-state index in [1.54, 1.807) is 0 Å². The van der Waals surface area contributed by atoms with Crippen molar-refractivity contribution in [2.75, 3.05) is 23.3 Å². The Hall–Kier alpha value is -1.62. The molecule has 2 aromatic rings. The van der Waals surface area contributed by atoms with Gasteiger partial charge in [0, 0.05) is 31.0 Å². The van der Waals surface area contributed by atoms with Crippen LogP contribution in [0.1, 0.15) is 24.1 Å². The van der Waals surface area contributed by atoms with Crippen LogP contribution >= 0.6 is 15.9 Å². The molecular formula is C17H21BrN4. The number of halogens is 1. The number of rotatable bonds is 3. The maximum atomic E-state index is 4.47. The van der Waals surface area contributed by atoms with E-state index < -0.39 is 0 Å². The van der Waals surface area contributed by atoms with Crippen LogP contribution in [0.5, 0.6) is 0 Å². The van der Waals surface area contributed by atoms with Crippen LogP contribution in [-0.2, 0) is 0 Å². The van der Waals surface area contributed by atoms with Crippen LogP contribution in [0.2, 0.25) is 0 Å². The van der Waals surface area contributed by atoms with E-state index in [-0.39, 0.29) is 0 Å². The Bertz CT molecular complexity index is 651. The van der Waals surface area contributed by atoms with Gasteiger partial charge in [0.05, 0.1) is 10.2 Å². The normalized spacial score (nSPS) is 15.9. The van der Waals surface area contributed by atoms with Gasteiger partial charge in [-0.2, -0.15) is 0 Å². The van der Waals surface area contributed by atoms with E-state index in [9.17, 15) is 0 Å². The van der Waals surface area contributed by atoms with Crippen LogP contribution in [0.3, 0.4) is 0 Å². The zero-order valence-corrected chi connectivity index (χ0v) is 14.6. The molecule has 0 spiro atoms. The predicted octanol–water partition coefficient (Wildman–Crippen LogP) is 3.94. The standard InChI is InChI=1S/C17H21BrN4/c1-12-4-3-5-15(10-12)22-8-6-14(7-9-22)21-17-19-11-16(18)13(2)20-17/h3-5,10-11,14H,6-9H2,1-2H3,(H,19,20,21). The number of nitrogens with zero attached hydrogens (tertiary/aromatic N) is 3. The molecule has 5 heteroatoms. The summed E-state index contributed by atoms with van der Waals surface area (Å²) in [6.45, 7) is 6.26. The first-order valence-corrected chi connectivity index (χ1v) is 8.48. The molecule has 4 nitrogen and oxygen atoms in total. The quantitative estimate of drug-likeness (QED) is 0.899. The van der Waals surface area contributed by atoms with E-state index in [2.05, 4.69) is 67.3 Å². The van der Waals surface area contributed by atoms with E-state index in [1.165, 1.54) is 11.3 Å². The molecule has 0 amide bonds. The molecule has 0 aliphatic carbocycles. The zero-order chi connectivity index (χ0) is 15.5. The van der Waals surface area contributed by atoms with Crippen LogP contribution in [-0.4, -0.2) is 29.1 Å². The smallest absolute Gasteiger partial charge is 0.223 e. The van der Waals surface area contributed by atoms with Gasteiger partial charge in [0.25, 0.3) is 0 Å². The van der Waals surface area contributed by atoms with Crippen molar-refractivity contribution in [1.29, 1.82) is 0 Å². The van der Waals surface area contributed by atoms with Gasteiger partial charge in [-0.05, 0) is 60.3 Å². The van der Waals surface area contributed by atoms with Crippen molar-refractivity contribution in [2.24, 2.45) is 0 Å². The number of hydrogen-bond acceptors (Lipinski definition) is 4. The summed E-state index contributed by atoms with van der Waals surface area (Å²) in [5.41, 5.74) is 3.61. The number of hydrogen-bond donors (Lipinski definition) is 1. The van der Waals surface area contributed by atoms with Gasteiger partial charge in [0.2, 0.25) is 5.95 Å². The summed E-state index contributed by atoms with van der Waals surface area (Å²) < 4.78 is 0.951. The minimum atomic E-state index is 0.446. The summed E-state index contributed by atoms with van der Waals surface area (Å²) in [4.78, 5) is 11.3. The second-order valence-corrected chi connectivity index (χ2v) is 6.73. The molecule has 22 heavy (non-hydrogen) atoms. The van der Waals surface area contributed by atoms with Gasteiger partial charge in [-0.25, -0.2) is 9.97 Å². The van der Waals surface area contributed by atoms with E-state index in [0.717, 1.165) is 42.0 Å². The number of aryl methyl sites for hydroxylation is 2. The lowest BCUT2D eigenvalue weighted by molar-refractivity contribution is 0.524. The Labute approximate surface area is 140 Å². The number of anilines is 2. The van der Waals surface area contributed by atoms with E-state index in [4.69, 9.17) is 0 Å². The fourth-order valence-corrected chi connectivity index (χ4v) is 3.00. The lowest BCUT2D eigenvalue weighted by Gasteiger charge is -2.34. The van der Waals surface area contributed by atoms with Crippen molar-refractivity contribution < 1.29 is 0 Å². The summed E-state index contributed by atoms with van der Waals surface area (Å²) >= 11 is 3.43. The summed E-state index contributed by atoms with van der Waals surface area (Å²) in [7, 11) is 0. The molecule has 3 rings (SSSR count). The van der Waals surface area contributed by atoms with Gasteiger partial charge in [-0.15, -0.1) is 0 Å². The lowest BCUT2D eigenvalue weighted by Crippen LogP contribution is -2.39. The lowest BCUT2D eigenvalue weighted by atomic mass is 10.0. The minimum absolute atomic E-state index is 0.446. The van der Waals surface area contributed by atoms with Crippen molar-refractivity contribution in [1.82, 2.24) is 9.97 Å². The summed E-state index contributed by atoms with van der Waals surface area (Å²) in [6, 6.07) is 9.18. The molecule has 1 aromatic carbocycles. The van der Waals surface area contributed by atoms with Crippen LogP contribution in [0.15, 0.2) is 34.9 Å². The van der Waals surface area contributed by atoms with Crippen LogP contribution in [0.25, 0.3) is 0 Å². The number of nitrogens with one attached hydrogen (secondary N) is 1. The molecule has 1 saturated heterocycles. The van der Waals surface area contributed by atoms with Crippen molar-refractivity contribution in [3.05, 3.63) is 46.2 Å². The molecule has 1 N–H and O–H groups in total. The SMILES string of the molecule is Cc1cccc(N2CCC(Nc3ncc(Br)c(C)n3)CC2)c1. The monoisotopic (exact) mass is 360 g/mol. The van der Waals surface area contributed by atoms with E-state index >= 15 is 0 Å². The third kappa shape index (κ3) is 3.58. The Balaban J connectivity index is 1.58. The third-order valence-corrected chi connectivity index (χ3v) is 4.89. The maximum Gasteiger partial charge on any atom is 0.223 e. The number of benzene rings is 1. The molecule has 0 unspecified atom stereocenters. The van der Waals surface area contributed by atoms with Gasteiger partial charge >= 0.3 is 0 Å². The molecular weight excluding hydrogens is 340 g/mol. The van der Waals surface area contributed by atoms with E-state index in [1.807, 2.05) is 13.1 Å². The molecule has 2 heterocycles. The molecule has 0 saturated carbocycles. The van der Waals surface area contributed by atoms with Gasteiger partial charge < -0.3 is 10.2 Å². The van der Waals surface area contributed by atoms with Crippen molar-refractivity contribution in [3.63, 3.8) is 0 Å². The second-order valence-electron chi connectivity index (χ2n) is 5.87. The molecule has 116 valence electrons. The van der Waals surface area contributed by atoms with E-state index in [0.29, 0.717) is 6.04 Å². The molecule has 0 bridgehead atoms. The average molecular weight is 361 g/mol. The Kier molecular flexibility index (Phi) is 4.62. The van der Waals surface area contributed by atoms with Crippen molar-refractivity contribution in [3.8, 4) is 0 Å². The van der Waals surface area contributed by atoms with Gasteiger partial charge in [-0.3, -0.25) is 0 Å². The largest absolute Gasteiger partial charge is 0.371 e. The fraction of sp³-hybridized carbons (Fsp3) is 0.412. The fourth-order valence-electron chi connectivity index (χ4n) is 2.81. The Morgan fingerprint density at radius 1 is 1.23 bits per heavy atom. The average Bonchev–Trinajstić information content (AvgIpc) is 2.52. The summed E-state index contributed by atoms with van der Waals surface area (Å²) in [5.74, 6) is 0.731. The molecule has 0 atom stereocenters. The Morgan fingerprint density at radius 2 is 2.00 bits per heavy atom. The highest BCUT2D eigenvalue weighted by molar-refractivity contribution is 9.10. The predicted molar refractivity (Wildman–Crippen MR) is 94.5 cm³/mol. The first kappa shape index (κ1) is 15.3. The molecule has 0 radical (unpaired) electrons. The van der Waals surface area contributed by atoms with Crippen molar-refractivity contribution >= 4 is 27.6 Å². The molecule has 1 aromatic heterocycles. The highest BCUT2D eigenvalue weighted by Crippen LogP contribution is 2.22. The molecule has 1 fully saturated rings. The minimum Gasteiger partial charge on any atom is -0.371 e. The van der Waals surface area contributed by atoms with Crippen LogP contribution < -0.4 is 10.2 Å². The van der Waals surface area contributed by atoms with Crippen LogP contribution in [0.4, 0.5) is 11.6 Å². The van der Waals surface area contributed by atoms with Gasteiger partial charge in [0.15, 0.2) is 0 Å². The van der Waals surface area contributed by atoms with Crippen LogP contribution in [0, 0.1) is 13.8 Å². The zero-order valence-electron chi connectivity index (χ0n) is 13.0.